The molecule has 1 fully saturated rings. The molecule has 0 saturated heterocycles. The van der Waals surface area contributed by atoms with E-state index in [0.717, 1.165) is 16.3 Å². The van der Waals surface area contributed by atoms with E-state index in [-0.39, 0.29) is 11.8 Å². The van der Waals surface area contributed by atoms with Crippen LogP contribution in [0.25, 0.3) is 0 Å². The topological polar surface area (TPSA) is 66.4 Å². The molecule has 1 aliphatic carbocycles. The number of carboxylic acid groups (broad SMARTS) is 1. The number of carbonyl (C=O) groups excluding carboxylic acids is 1. The molecule has 0 heterocycles. The van der Waals surface area contributed by atoms with Gasteiger partial charge in [-0.2, -0.15) is 0 Å². The van der Waals surface area contributed by atoms with E-state index in [1.165, 1.54) is 0 Å². The smallest absolute Gasteiger partial charge is 0.307 e. The van der Waals surface area contributed by atoms with Crippen LogP contribution in [0.2, 0.25) is 0 Å². The lowest BCUT2D eigenvalue weighted by molar-refractivity contribution is -0.145. The van der Waals surface area contributed by atoms with Crippen molar-refractivity contribution in [2.75, 3.05) is 11.1 Å². The fourth-order valence-electron chi connectivity index (χ4n) is 2.93. The number of para-hydroxylation sites is 1. The zero-order valence-corrected chi connectivity index (χ0v) is 13.2. The molecule has 114 valence electrons. The predicted molar refractivity (Wildman–Crippen MR) is 84.5 cm³/mol. The summed E-state index contributed by atoms with van der Waals surface area (Å²) in [6.45, 7) is 4.06. The molecule has 21 heavy (non-hydrogen) atoms. The number of nitrogens with one attached hydrogen (secondary N) is 1. The lowest BCUT2D eigenvalue weighted by atomic mass is 9.95. The number of rotatable bonds is 5. The molecule has 2 rings (SSSR count). The Morgan fingerprint density at radius 2 is 1.95 bits per heavy atom. The molecule has 5 heteroatoms. The summed E-state index contributed by atoms with van der Waals surface area (Å²) in [5.41, 5.74) is 0.776. The van der Waals surface area contributed by atoms with Crippen LogP contribution in [0.1, 0.15) is 26.7 Å². The number of benzene rings is 1. The van der Waals surface area contributed by atoms with Crippen LogP contribution in [0.15, 0.2) is 29.2 Å². The third-order valence-corrected chi connectivity index (χ3v) is 4.85. The normalized spacial score (nSPS) is 24.8. The number of amides is 1. The summed E-state index contributed by atoms with van der Waals surface area (Å²) in [6, 6.07) is 7.65. The molecule has 1 unspecified atom stereocenters. The second kappa shape index (κ2) is 6.98. The Morgan fingerprint density at radius 3 is 2.62 bits per heavy atom. The van der Waals surface area contributed by atoms with E-state index in [1.54, 1.807) is 11.8 Å². The first-order valence-electron chi connectivity index (χ1n) is 7.28. The second-order valence-electron chi connectivity index (χ2n) is 5.55. The predicted octanol–water partition coefficient (Wildman–Crippen LogP) is 3.48. The standard InChI is InChI=1S/C16H21NO3S/c1-3-21-14-7-5-4-6-13(14)17-15(18)11-8-10(2)9-12(11)16(19)20/h4-7,10-12H,3,8-9H2,1-2H3,(H,17,18)(H,19,20)/t10?,11-,12+/m0/s1. The van der Waals surface area contributed by atoms with Crippen molar-refractivity contribution >= 4 is 29.3 Å². The first kappa shape index (κ1) is 15.9. The Labute approximate surface area is 129 Å². The maximum atomic E-state index is 12.4. The van der Waals surface area contributed by atoms with Gasteiger partial charge in [-0.15, -0.1) is 11.8 Å². The van der Waals surface area contributed by atoms with Gasteiger partial charge in [0.15, 0.2) is 0 Å². The van der Waals surface area contributed by atoms with Crippen LogP contribution in [0.4, 0.5) is 5.69 Å². The summed E-state index contributed by atoms with van der Waals surface area (Å²) < 4.78 is 0. The van der Waals surface area contributed by atoms with Gasteiger partial charge in [0.2, 0.25) is 5.91 Å². The van der Waals surface area contributed by atoms with Crippen LogP contribution in [-0.2, 0) is 9.59 Å². The minimum Gasteiger partial charge on any atom is -0.481 e. The molecular weight excluding hydrogens is 286 g/mol. The Morgan fingerprint density at radius 1 is 1.29 bits per heavy atom. The lowest BCUT2D eigenvalue weighted by Crippen LogP contribution is -2.30. The zero-order chi connectivity index (χ0) is 15.4. The Balaban J connectivity index is 2.12. The highest BCUT2D eigenvalue weighted by Crippen LogP contribution is 2.37. The summed E-state index contributed by atoms with van der Waals surface area (Å²) in [5.74, 6) is -0.831. The Bertz CT molecular complexity index is 532. The number of hydrogen-bond donors (Lipinski definition) is 2. The van der Waals surface area contributed by atoms with Gasteiger partial charge >= 0.3 is 5.97 Å². The number of carboxylic acids is 1. The largest absolute Gasteiger partial charge is 0.481 e. The monoisotopic (exact) mass is 307 g/mol. The lowest BCUT2D eigenvalue weighted by Gasteiger charge is -2.17. The van der Waals surface area contributed by atoms with Crippen molar-refractivity contribution in [2.45, 2.75) is 31.6 Å². The zero-order valence-electron chi connectivity index (χ0n) is 12.3. The van der Waals surface area contributed by atoms with Gasteiger partial charge in [0, 0.05) is 4.90 Å². The van der Waals surface area contributed by atoms with Gasteiger partial charge in [0.05, 0.1) is 17.5 Å². The molecule has 0 spiro atoms. The van der Waals surface area contributed by atoms with Crippen LogP contribution < -0.4 is 5.32 Å². The third kappa shape index (κ3) is 3.79. The van der Waals surface area contributed by atoms with Crippen molar-refractivity contribution < 1.29 is 14.7 Å². The van der Waals surface area contributed by atoms with E-state index in [9.17, 15) is 14.7 Å². The van der Waals surface area contributed by atoms with Crippen LogP contribution in [0.5, 0.6) is 0 Å². The molecule has 1 saturated carbocycles. The van der Waals surface area contributed by atoms with E-state index in [2.05, 4.69) is 12.2 Å². The number of hydrogen-bond acceptors (Lipinski definition) is 3. The molecule has 0 aromatic heterocycles. The Kier molecular flexibility index (Phi) is 5.28. The first-order chi connectivity index (χ1) is 10.0. The molecular formula is C16H21NO3S. The highest BCUT2D eigenvalue weighted by molar-refractivity contribution is 7.99. The Hall–Kier alpha value is -1.49. The number of aliphatic carboxylic acids is 1. The van der Waals surface area contributed by atoms with Crippen molar-refractivity contribution in [1.29, 1.82) is 0 Å². The second-order valence-corrected chi connectivity index (χ2v) is 6.85. The van der Waals surface area contributed by atoms with Gasteiger partial charge in [-0.25, -0.2) is 0 Å². The van der Waals surface area contributed by atoms with Gasteiger partial charge in [0.25, 0.3) is 0 Å². The van der Waals surface area contributed by atoms with E-state index >= 15 is 0 Å². The summed E-state index contributed by atoms with van der Waals surface area (Å²) in [4.78, 5) is 24.8. The summed E-state index contributed by atoms with van der Waals surface area (Å²) >= 11 is 1.66. The number of carbonyl (C=O) groups is 2. The van der Waals surface area contributed by atoms with Crippen LogP contribution in [-0.4, -0.2) is 22.7 Å². The van der Waals surface area contributed by atoms with Gasteiger partial charge in [0.1, 0.15) is 0 Å². The number of thioether (sulfide) groups is 1. The SMILES string of the molecule is CCSc1ccccc1NC(=O)[C@H]1CC(C)C[C@H]1C(=O)O. The average molecular weight is 307 g/mol. The van der Waals surface area contributed by atoms with Gasteiger partial charge < -0.3 is 10.4 Å². The average Bonchev–Trinajstić information content (AvgIpc) is 2.84. The van der Waals surface area contributed by atoms with Crippen LogP contribution >= 0.6 is 11.8 Å². The first-order valence-corrected chi connectivity index (χ1v) is 8.27. The molecule has 1 aliphatic rings. The number of anilines is 1. The van der Waals surface area contributed by atoms with Gasteiger partial charge in [-0.1, -0.05) is 26.0 Å². The van der Waals surface area contributed by atoms with Crippen molar-refractivity contribution in [3.05, 3.63) is 24.3 Å². The van der Waals surface area contributed by atoms with E-state index in [0.29, 0.717) is 12.8 Å². The van der Waals surface area contributed by atoms with E-state index in [1.807, 2.05) is 31.2 Å². The van der Waals surface area contributed by atoms with Crippen molar-refractivity contribution in [3.8, 4) is 0 Å². The quantitative estimate of drug-likeness (QED) is 0.817. The molecule has 4 nitrogen and oxygen atoms in total. The van der Waals surface area contributed by atoms with Crippen molar-refractivity contribution in [1.82, 2.24) is 0 Å². The maximum absolute atomic E-state index is 12.4. The molecule has 3 atom stereocenters. The minimum atomic E-state index is -0.865. The summed E-state index contributed by atoms with van der Waals surface area (Å²) in [7, 11) is 0. The van der Waals surface area contributed by atoms with Crippen molar-refractivity contribution in [2.24, 2.45) is 17.8 Å². The van der Waals surface area contributed by atoms with E-state index < -0.39 is 17.8 Å². The van der Waals surface area contributed by atoms with Crippen molar-refractivity contribution in [3.63, 3.8) is 0 Å². The van der Waals surface area contributed by atoms with Crippen LogP contribution in [0, 0.1) is 17.8 Å². The molecule has 0 bridgehead atoms. The summed E-state index contributed by atoms with van der Waals surface area (Å²) in [6.07, 6.45) is 1.23. The highest BCUT2D eigenvalue weighted by Gasteiger charge is 2.41. The fourth-order valence-corrected chi connectivity index (χ4v) is 3.69. The molecule has 0 aliphatic heterocycles. The molecule has 1 aromatic carbocycles. The van der Waals surface area contributed by atoms with E-state index in [4.69, 9.17) is 0 Å². The minimum absolute atomic E-state index is 0.170. The maximum Gasteiger partial charge on any atom is 0.307 e. The third-order valence-electron chi connectivity index (χ3n) is 3.90. The molecule has 0 radical (unpaired) electrons. The highest BCUT2D eigenvalue weighted by atomic mass is 32.2. The fraction of sp³-hybridized carbons (Fsp3) is 0.500. The molecule has 1 aromatic rings. The molecule has 1 amide bonds. The van der Waals surface area contributed by atoms with Gasteiger partial charge in [-0.05, 0) is 36.6 Å². The molecule has 2 N–H and O–H groups in total. The van der Waals surface area contributed by atoms with Crippen LogP contribution in [0.3, 0.4) is 0 Å². The summed E-state index contributed by atoms with van der Waals surface area (Å²) in [5, 5.41) is 12.2. The van der Waals surface area contributed by atoms with Gasteiger partial charge in [-0.3, -0.25) is 9.59 Å².